The van der Waals surface area contributed by atoms with Crippen LogP contribution >= 0.6 is 15.9 Å². The number of para-hydroxylation sites is 1. The van der Waals surface area contributed by atoms with Crippen molar-refractivity contribution in [2.75, 3.05) is 37.6 Å². The van der Waals surface area contributed by atoms with Gasteiger partial charge in [0.05, 0.1) is 12.2 Å². The third-order valence-electron chi connectivity index (χ3n) is 3.65. The molecule has 3 rings (SSSR count). The van der Waals surface area contributed by atoms with Crippen LogP contribution in [-0.4, -0.2) is 49.6 Å². The molecule has 18 heavy (non-hydrogen) atoms. The van der Waals surface area contributed by atoms with E-state index >= 15 is 0 Å². The van der Waals surface area contributed by atoms with Gasteiger partial charge in [-0.1, -0.05) is 12.1 Å². The Morgan fingerprint density at radius 2 is 2.17 bits per heavy atom. The van der Waals surface area contributed by atoms with Gasteiger partial charge in [0, 0.05) is 36.7 Å². The van der Waals surface area contributed by atoms with Gasteiger partial charge in [-0.25, -0.2) is 0 Å². The smallest absolute Gasteiger partial charge is 0.241 e. The highest BCUT2D eigenvalue weighted by Crippen LogP contribution is 2.28. The molecule has 0 aliphatic carbocycles. The molecule has 4 nitrogen and oxygen atoms in total. The maximum atomic E-state index is 12.2. The van der Waals surface area contributed by atoms with Crippen LogP contribution in [0.1, 0.15) is 0 Å². The van der Waals surface area contributed by atoms with Gasteiger partial charge in [0.2, 0.25) is 5.91 Å². The van der Waals surface area contributed by atoms with Gasteiger partial charge in [-0.2, -0.15) is 0 Å². The zero-order chi connectivity index (χ0) is 12.5. The lowest BCUT2D eigenvalue weighted by atomic mass is 10.1. The van der Waals surface area contributed by atoms with E-state index in [1.165, 1.54) is 0 Å². The van der Waals surface area contributed by atoms with E-state index in [2.05, 4.69) is 26.1 Å². The van der Waals surface area contributed by atoms with Crippen LogP contribution in [0.5, 0.6) is 0 Å². The molecule has 1 N–H and O–H groups in total. The minimum atomic E-state index is 0.194. The minimum absolute atomic E-state index is 0.194. The Balaban J connectivity index is 1.85. The van der Waals surface area contributed by atoms with Crippen LogP contribution in [0, 0.1) is 0 Å². The number of nitrogens with one attached hydrogen (secondary N) is 1. The number of carbonyl (C=O) groups excluding carboxylic acids is 1. The molecule has 2 fully saturated rings. The van der Waals surface area contributed by atoms with Crippen LogP contribution in [0.25, 0.3) is 0 Å². The molecule has 2 aliphatic rings. The number of fused-ring (bicyclic) bond motifs is 1. The molecular weight excluding hydrogens is 294 g/mol. The molecule has 1 amide bonds. The molecule has 1 aromatic rings. The molecule has 1 aromatic carbocycles. The summed E-state index contributed by atoms with van der Waals surface area (Å²) in [6, 6.07) is 8.35. The van der Waals surface area contributed by atoms with Crippen LogP contribution in [0.2, 0.25) is 0 Å². The van der Waals surface area contributed by atoms with Crippen LogP contribution < -0.4 is 10.2 Å². The van der Waals surface area contributed by atoms with Gasteiger partial charge in [0.25, 0.3) is 0 Å². The first kappa shape index (κ1) is 12.1. The molecule has 1 unspecified atom stereocenters. The number of piperazine rings is 2. The van der Waals surface area contributed by atoms with Crippen molar-refractivity contribution in [3.63, 3.8) is 0 Å². The first-order valence-corrected chi connectivity index (χ1v) is 7.04. The number of halogens is 1. The van der Waals surface area contributed by atoms with E-state index in [0.29, 0.717) is 12.6 Å². The van der Waals surface area contributed by atoms with Crippen LogP contribution in [0.4, 0.5) is 5.69 Å². The SMILES string of the molecule is O=C1CN2CCNCC2CN1c1ccccc1Br. The van der Waals surface area contributed by atoms with E-state index in [-0.39, 0.29) is 5.91 Å². The molecular formula is C13H16BrN3O. The van der Waals surface area contributed by atoms with E-state index in [0.717, 1.165) is 36.3 Å². The van der Waals surface area contributed by atoms with Gasteiger partial charge >= 0.3 is 0 Å². The molecule has 0 radical (unpaired) electrons. The molecule has 2 saturated heterocycles. The maximum absolute atomic E-state index is 12.2. The van der Waals surface area contributed by atoms with Crippen LogP contribution in [-0.2, 0) is 4.79 Å². The molecule has 0 saturated carbocycles. The third kappa shape index (κ3) is 2.18. The Morgan fingerprint density at radius 1 is 1.33 bits per heavy atom. The van der Waals surface area contributed by atoms with Gasteiger partial charge < -0.3 is 10.2 Å². The quantitative estimate of drug-likeness (QED) is 0.843. The molecule has 1 atom stereocenters. The maximum Gasteiger partial charge on any atom is 0.241 e. The second-order valence-corrected chi connectivity index (χ2v) is 5.64. The van der Waals surface area contributed by atoms with E-state index in [4.69, 9.17) is 0 Å². The molecule has 0 aromatic heterocycles. The molecule has 0 bridgehead atoms. The number of benzene rings is 1. The summed E-state index contributed by atoms with van der Waals surface area (Å²) in [6.07, 6.45) is 0. The summed E-state index contributed by atoms with van der Waals surface area (Å²) in [6.45, 7) is 4.23. The predicted octanol–water partition coefficient (Wildman–Crippen LogP) is 1.07. The van der Waals surface area contributed by atoms with Gasteiger partial charge in [-0.05, 0) is 28.1 Å². The average Bonchev–Trinajstić information content (AvgIpc) is 2.39. The fourth-order valence-electron chi connectivity index (χ4n) is 2.67. The average molecular weight is 310 g/mol. The summed E-state index contributed by atoms with van der Waals surface area (Å²) in [5.41, 5.74) is 0.979. The van der Waals surface area contributed by atoms with Gasteiger partial charge in [-0.3, -0.25) is 9.69 Å². The topological polar surface area (TPSA) is 35.6 Å². The normalized spacial score (nSPS) is 25.1. The van der Waals surface area contributed by atoms with E-state index in [9.17, 15) is 4.79 Å². The zero-order valence-corrected chi connectivity index (χ0v) is 11.7. The number of nitrogens with zero attached hydrogens (tertiary/aromatic N) is 2. The lowest BCUT2D eigenvalue weighted by Crippen LogP contribution is -2.63. The number of hydrogen-bond acceptors (Lipinski definition) is 3. The second kappa shape index (κ2) is 4.99. The zero-order valence-electron chi connectivity index (χ0n) is 10.1. The van der Waals surface area contributed by atoms with Crippen molar-refractivity contribution in [3.8, 4) is 0 Å². The summed E-state index contributed by atoms with van der Waals surface area (Å²) < 4.78 is 0.982. The van der Waals surface area contributed by atoms with Crippen molar-refractivity contribution in [3.05, 3.63) is 28.7 Å². The van der Waals surface area contributed by atoms with Crippen molar-refractivity contribution in [2.24, 2.45) is 0 Å². The Morgan fingerprint density at radius 3 is 3.00 bits per heavy atom. The van der Waals surface area contributed by atoms with Crippen molar-refractivity contribution in [1.82, 2.24) is 10.2 Å². The van der Waals surface area contributed by atoms with Crippen molar-refractivity contribution in [2.45, 2.75) is 6.04 Å². The Hall–Kier alpha value is -0.910. The standard InChI is InChI=1S/C13H16BrN3O/c14-11-3-1-2-4-12(11)17-8-10-7-15-5-6-16(10)9-13(17)18/h1-4,10,15H,5-9H2. The Kier molecular flexibility index (Phi) is 3.37. The summed E-state index contributed by atoms with van der Waals surface area (Å²) in [7, 11) is 0. The van der Waals surface area contributed by atoms with Crippen LogP contribution in [0.3, 0.4) is 0 Å². The monoisotopic (exact) mass is 309 g/mol. The number of rotatable bonds is 1. The van der Waals surface area contributed by atoms with Gasteiger partial charge in [0.1, 0.15) is 0 Å². The van der Waals surface area contributed by atoms with Crippen LogP contribution in [0.15, 0.2) is 28.7 Å². The highest BCUT2D eigenvalue weighted by Gasteiger charge is 2.34. The highest BCUT2D eigenvalue weighted by atomic mass is 79.9. The molecule has 5 heteroatoms. The fourth-order valence-corrected chi connectivity index (χ4v) is 3.16. The summed E-state index contributed by atoms with van der Waals surface area (Å²) in [4.78, 5) is 16.4. The third-order valence-corrected chi connectivity index (χ3v) is 4.32. The summed E-state index contributed by atoms with van der Waals surface area (Å²) >= 11 is 3.52. The van der Waals surface area contributed by atoms with Crippen molar-refractivity contribution < 1.29 is 4.79 Å². The van der Waals surface area contributed by atoms with E-state index in [1.54, 1.807) is 0 Å². The fraction of sp³-hybridized carbons (Fsp3) is 0.462. The van der Waals surface area contributed by atoms with Crippen molar-refractivity contribution in [1.29, 1.82) is 0 Å². The molecule has 2 heterocycles. The Bertz CT molecular complexity index is 465. The number of amides is 1. The number of anilines is 1. The molecule has 96 valence electrons. The van der Waals surface area contributed by atoms with E-state index in [1.807, 2.05) is 29.2 Å². The lowest BCUT2D eigenvalue weighted by Gasteiger charge is -2.43. The molecule has 0 spiro atoms. The highest BCUT2D eigenvalue weighted by molar-refractivity contribution is 9.10. The minimum Gasteiger partial charge on any atom is -0.314 e. The number of carbonyl (C=O) groups is 1. The van der Waals surface area contributed by atoms with Crippen molar-refractivity contribution >= 4 is 27.5 Å². The van der Waals surface area contributed by atoms with E-state index < -0.39 is 0 Å². The summed E-state index contributed by atoms with van der Waals surface area (Å²) in [5, 5.41) is 3.39. The Labute approximate surface area is 115 Å². The second-order valence-electron chi connectivity index (χ2n) is 4.78. The first-order valence-electron chi connectivity index (χ1n) is 6.25. The predicted molar refractivity (Wildman–Crippen MR) is 74.7 cm³/mol. The van der Waals surface area contributed by atoms with Gasteiger partial charge in [-0.15, -0.1) is 0 Å². The number of hydrogen-bond donors (Lipinski definition) is 1. The first-order chi connectivity index (χ1) is 8.75. The largest absolute Gasteiger partial charge is 0.314 e. The molecule has 2 aliphatic heterocycles. The van der Waals surface area contributed by atoms with Gasteiger partial charge in [0.15, 0.2) is 0 Å². The summed E-state index contributed by atoms with van der Waals surface area (Å²) in [5.74, 6) is 0.194. The lowest BCUT2D eigenvalue weighted by molar-refractivity contribution is -0.122.